The quantitative estimate of drug-likeness (QED) is 0.810. The number of amides is 1. The monoisotopic (exact) mass is 377 g/mol. The predicted molar refractivity (Wildman–Crippen MR) is 98.5 cm³/mol. The van der Waals surface area contributed by atoms with Crippen molar-refractivity contribution in [2.24, 2.45) is 0 Å². The smallest absolute Gasteiger partial charge is 0.410 e. The minimum absolute atomic E-state index is 0.275. The van der Waals surface area contributed by atoms with Crippen LogP contribution in [0.4, 0.5) is 10.6 Å². The lowest BCUT2D eigenvalue weighted by Crippen LogP contribution is -2.50. The summed E-state index contributed by atoms with van der Waals surface area (Å²) in [6.07, 6.45) is 3.19. The summed E-state index contributed by atoms with van der Waals surface area (Å²) in [5.74, 6) is 1.26. The van der Waals surface area contributed by atoms with Crippen LogP contribution in [0.15, 0.2) is 24.5 Å². The summed E-state index contributed by atoms with van der Waals surface area (Å²) in [6.45, 7) is 8.51. The van der Waals surface area contributed by atoms with Gasteiger partial charge in [0.25, 0.3) is 5.88 Å². The van der Waals surface area contributed by atoms with Gasteiger partial charge in [-0.05, 0) is 38.5 Å². The molecule has 0 bridgehead atoms. The van der Waals surface area contributed by atoms with E-state index in [0.717, 1.165) is 23.1 Å². The van der Waals surface area contributed by atoms with Crippen LogP contribution in [0.25, 0.3) is 0 Å². The molecular weight excluding hydrogens is 354 g/mol. The number of piperazine rings is 1. The summed E-state index contributed by atoms with van der Waals surface area (Å²) in [5.41, 5.74) is 0.537. The van der Waals surface area contributed by atoms with E-state index >= 15 is 0 Å². The van der Waals surface area contributed by atoms with E-state index < -0.39 is 5.60 Å². The maximum absolute atomic E-state index is 12.2. The molecule has 26 heavy (non-hydrogen) atoms. The first kappa shape index (κ1) is 18.4. The van der Waals surface area contributed by atoms with E-state index in [9.17, 15) is 4.79 Å². The van der Waals surface area contributed by atoms with Crippen LogP contribution >= 0.6 is 11.7 Å². The van der Waals surface area contributed by atoms with Crippen molar-refractivity contribution in [1.82, 2.24) is 18.6 Å². The highest BCUT2D eigenvalue weighted by atomic mass is 32.1. The van der Waals surface area contributed by atoms with Gasteiger partial charge in [0.1, 0.15) is 12.2 Å². The van der Waals surface area contributed by atoms with Gasteiger partial charge in [0.05, 0.1) is 11.7 Å². The lowest BCUT2D eigenvalue weighted by molar-refractivity contribution is 0.0240. The largest absolute Gasteiger partial charge is 0.470 e. The van der Waals surface area contributed by atoms with E-state index in [0.29, 0.717) is 38.7 Å². The molecule has 1 fully saturated rings. The van der Waals surface area contributed by atoms with Crippen LogP contribution in [0.1, 0.15) is 26.3 Å². The summed E-state index contributed by atoms with van der Waals surface area (Å²) in [5, 5.41) is 0. The second kappa shape index (κ2) is 7.86. The third kappa shape index (κ3) is 4.81. The number of aromatic nitrogens is 3. The van der Waals surface area contributed by atoms with E-state index in [1.807, 2.05) is 32.9 Å². The number of anilines is 1. The second-order valence-electron chi connectivity index (χ2n) is 6.99. The number of nitrogens with zero attached hydrogens (tertiary/aromatic N) is 5. The van der Waals surface area contributed by atoms with Crippen molar-refractivity contribution in [2.45, 2.75) is 33.0 Å². The molecule has 3 heterocycles. The minimum Gasteiger partial charge on any atom is -0.470 e. The fraction of sp³-hybridized carbons (Fsp3) is 0.529. The maximum atomic E-state index is 12.2. The average molecular weight is 377 g/mol. The Kier molecular flexibility index (Phi) is 5.55. The molecule has 1 saturated heterocycles. The second-order valence-corrected chi connectivity index (χ2v) is 7.52. The maximum Gasteiger partial charge on any atom is 0.410 e. The van der Waals surface area contributed by atoms with Crippen LogP contribution < -0.4 is 9.64 Å². The number of rotatable bonds is 4. The van der Waals surface area contributed by atoms with Crippen LogP contribution in [0.5, 0.6) is 5.88 Å². The van der Waals surface area contributed by atoms with Gasteiger partial charge >= 0.3 is 6.09 Å². The highest BCUT2D eigenvalue weighted by Gasteiger charge is 2.28. The number of pyridine rings is 1. The normalized spacial score (nSPS) is 15.0. The molecule has 0 N–H and O–H groups in total. The molecular formula is C17H23N5O3S. The van der Waals surface area contributed by atoms with Gasteiger partial charge < -0.3 is 19.3 Å². The first-order chi connectivity index (χ1) is 12.4. The first-order valence-corrected chi connectivity index (χ1v) is 9.22. The Balaban J connectivity index is 1.55. The zero-order valence-electron chi connectivity index (χ0n) is 15.2. The molecule has 2 aromatic rings. The fourth-order valence-corrected chi connectivity index (χ4v) is 3.04. The number of carbonyl (C=O) groups is 1. The highest BCUT2D eigenvalue weighted by molar-refractivity contribution is 6.99. The Bertz CT molecular complexity index is 723. The van der Waals surface area contributed by atoms with E-state index in [1.165, 1.54) is 0 Å². The van der Waals surface area contributed by atoms with Crippen molar-refractivity contribution in [3.05, 3.63) is 30.1 Å². The number of ether oxygens (including phenoxy) is 2. The van der Waals surface area contributed by atoms with Crippen molar-refractivity contribution >= 4 is 23.6 Å². The summed E-state index contributed by atoms with van der Waals surface area (Å²) < 4.78 is 19.9. The SMILES string of the molecule is CC(C)(C)OC(=O)N1CCN(c2nsnc2OCc2ccncc2)CC1. The molecule has 0 unspecified atom stereocenters. The van der Waals surface area contributed by atoms with Gasteiger partial charge in [-0.1, -0.05) is 0 Å². The summed E-state index contributed by atoms with van der Waals surface area (Å²) in [7, 11) is 0. The zero-order chi connectivity index (χ0) is 18.6. The van der Waals surface area contributed by atoms with Gasteiger partial charge in [-0.25, -0.2) is 4.79 Å². The van der Waals surface area contributed by atoms with Crippen molar-refractivity contribution in [1.29, 1.82) is 0 Å². The van der Waals surface area contributed by atoms with Gasteiger partial charge in [-0.15, -0.1) is 4.37 Å². The zero-order valence-corrected chi connectivity index (χ0v) is 16.0. The molecule has 0 aliphatic carbocycles. The first-order valence-electron chi connectivity index (χ1n) is 8.49. The molecule has 0 spiro atoms. The van der Waals surface area contributed by atoms with Gasteiger partial charge in [0.15, 0.2) is 0 Å². The van der Waals surface area contributed by atoms with Crippen LogP contribution in [0.2, 0.25) is 0 Å². The summed E-state index contributed by atoms with van der Waals surface area (Å²) in [6, 6.07) is 3.80. The van der Waals surface area contributed by atoms with Crippen molar-refractivity contribution in [3.8, 4) is 5.88 Å². The standard InChI is InChI=1S/C17H23N5O3S/c1-17(2,3)25-16(23)22-10-8-21(9-11-22)14-15(20-26-19-14)24-12-13-4-6-18-7-5-13/h4-7H,8-12H2,1-3H3. The molecule has 1 aliphatic rings. The molecule has 140 valence electrons. The molecule has 0 atom stereocenters. The fourth-order valence-electron chi connectivity index (χ4n) is 2.52. The molecule has 9 heteroatoms. The topological polar surface area (TPSA) is 80.7 Å². The third-order valence-electron chi connectivity index (χ3n) is 3.80. The van der Waals surface area contributed by atoms with E-state index in [4.69, 9.17) is 9.47 Å². The Labute approximate surface area is 157 Å². The lowest BCUT2D eigenvalue weighted by Gasteiger charge is -2.35. The lowest BCUT2D eigenvalue weighted by atomic mass is 10.2. The third-order valence-corrected chi connectivity index (χ3v) is 4.30. The Morgan fingerprint density at radius 1 is 1.15 bits per heavy atom. The molecule has 0 saturated carbocycles. The van der Waals surface area contributed by atoms with Crippen LogP contribution in [-0.2, 0) is 11.3 Å². The summed E-state index contributed by atoms with van der Waals surface area (Å²) >= 11 is 1.13. The summed E-state index contributed by atoms with van der Waals surface area (Å²) in [4.78, 5) is 20.0. The van der Waals surface area contributed by atoms with E-state index in [2.05, 4.69) is 18.6 Å². The highest BCUT2D eigenvalue weighted by Crippen LogP contribution is 2.27. The molecule has 8 nitrogen and oxygen atoms in total. The van der Waals surface area contributed by atoms with Gasteiger partial charge in [0, 0.05) is 38.6 Å². The number of carbonyl (C=O) groups excluding carboxylic acids is 1. The van der Waals surface area contributed by atoms with Crippen LogP contribution in [0.3, 0.4) is 0 Å². The van der Waals surface area contributed by atoms with E-state index in [-0.39, 0.29) is 6.09 Å². The van der Waals surface area contributed by atoms with Gasteiger partial charge in [-0.3, -0.25) is 4.98 Å². The van der Waals surface area contributed by atoms with Crippen LogP contribution in [0, 0.1) is 0 Å². The van der Waals surface area contributed by atoms with Crippen molar-refractivity contribution < 1.29 is 14.3 Å². The minimum atomic E-state index is -0.485. The molecule has 0 radical (unpaired) electrons. The Morgan fingerprint density at radius 3 is 2.50 bits per heavy atom. The Hall–Kier alpha value is -2.42. The van der Waals surface area contributed by atoms with Crippen molar-refractivity contribution in [2.75, 3.05) is 31.1 Å². The number of hydrogen-bond acceptors (Lipinski definition) is 8. The van der Waals surface area contributed by atoms with Gasteiger partial charge in [0.2, 0.25) is 5.82 Å². The number of hydrogen-bond donors (Lipinski definition) is 0. The molecule has 0 aromatic carbocycles. The van der Waals surface area contributed by atoms with Gasteiger partial charge in [-0.2, -0.15) is 4.37 Å². The molecule has 1 aliphatic heterocycles. The van der Waals surface area contributed by atoms with Crippen LogP contribution in [-0.4, -0.2) is 56.5 Å². The molecule has 3 rings (SSSR count). The molecule has 2 aromatic heterocycles. The average Bonchev–Trinajstić information content (AvgIpc) is 3.08. The van der Waals surface area contributed by atoms with E-state index in [1.54, 1.807) is 17.3 Å². The Morgan fingerprint density at radius 2 is 1.85 bits per heavy atom. The molecule has 1 amide bonds. The van der Waals surface area contributed by atoms with Crippen molar-refractivity contribution in [3.63, 3.8) is 0 Å². The predicted octanol–water partition coefficient (Wildman–Crippen LogP) is 2.57.